The number of para-hydroxylation sites is 1. The number of H-pyrrole nitrogens is 1. The molecule has 3 heteroatoms. The van der Waals surface area contributed by atoms with Gasteiger partial charge in [0.2, 0.25) is 5.91 Å². The van der Waals surface area contributed by atoms with Crippen LogP contribution in [-0.4, -0.2) is 28.9 Å². The highest BCUT2D eigenvalue weighted by Gasteiger charge is 2.22. The quantitative estimate of drug-likeness (QED) is 0.912. The van der Waals surface area contributed by atoms with Crippen molar-refractivity contribution in [3.05, 3.63) is 36.0 Å². The van der Waals surface area contributed by atoms with Crippen molar-refractivity contribution in [3.63, 3.8) is 0 Å². The zero-order valence-corrected chi connectivity index (χ0v) is 12.8. The minimum absolute atomic E-state index is 0.336. The minimum atomic E-state index is 0.336. The van der Waals surface area contributed by atoms with E-state index in [1.165, 1.54) is 16.5 Å². The minimum Gasteiger partial charge on any atom is -0.361 e. The molecule has 0 atom stereocenters. The van der Waals surface area contributed by atoms with Crippen LogP contribution in [0.3, 0.4) is 0 Å². The zero-order valence-electron chi connectivity index (χ0n) is 12.8. The summed E-state index contributed by atoms with van der Waals surface area (Å²) in [6, 6.07) is 8.50. The van der Waals surface area contributed by atoms with Crippen LogP contribution in [0.4, 0.5) is 0 Å². The van der Waals surface area contributed by atoms with Gasteiger partial charge in [-0.05, 0) is 43.2 Å². The van der Waals surface area contributed by atoms with Crippen molar-refractivity contribution in [1.82, 2.24) is 9.88 Å². The van der Waals surface area contributed by atoms with Gasteiger partial charge in [-0.25, -0.2) is 0 Å². The Hall–Kier alpha value is -1.77. The van der Waals surface area contributed by atoms with E-state index in [1.54, 1.807) is 0 Å². The molecule has 2 heterocycles. The first-order valence-corrected chi connectivity index (χ1v) is 8.10. The summed E-state index contributed by atoms with van der Waals surface area (Å²) in [7, 11) is 0. The van der Waals surface area contributed by atoms with Crippen LogP contribution in [0.1, 0.15) is 38.2 Å². The number of nitrogens with zero attached hydrogens (tertiary/aromatic N) is 1. The second kappa shape index (κ2) is 6.33. The molecule has 1 aromatic heterocycles. The summed E-state index contributed by atoms with van der Waals surface area (Å²) < 4.78 is 0. The molecule has 21 heavy (non-hydrogen) atoms. The summed E-state index contributed by atoms with van der Waals surface area (Å²) in [6.45, 7) is 3.94. The summed E-state index contributed by atoms with van der Waals surface area (Å²) in [5.74, 6) is 1.04. The number of fused-ring (bicyclic) bond motifs is 1. The number of likely N-dealkylation sites (tertiary alicyclic amines) is 1. The van der Waals surface area contributed by atoms with Gasteiger partial charge >= 0.3 is 0 Å². The maximum Gasteiger partial charge on any atom is 0.222 e. The van der Waals surface area contributed by atoms with Gasteiger partial charge in [-0.1, -0.05) is 25.1 Å². The van der Waals surface area contributed by atoms with Crippen LogP contribution in [0.5, 0.6) is 0 Å². The van der Waals surface area contributed by atoms with E-state index in [0.717, 1.165) is 38.8 Å². The first-order chi connectivity index (χ1) is 10.3. The van der Waals surface area contributed by atoms with E-state index in [-0.39, 0.29) is 0 Å². The smallest absolute Gasteiger partial charge is 0.222 e. The van der Waals surface area contributed by atoms with Gasteiger partial charge in [0.25, 0.3) is 0 Å². The third-order valence-electron chi connectivity index (χ3n) is 4.61. The number of nitrogens with one attached hydrogen (secondary N) is 1. The third-order valence-corrected chi connectivity index (χ3v) is 4.61. The average molecular weight is 284 g/mol. The lowest BCUT2D eigenvalue weighted by Gasteiger charge is -2.32. The first kappa shape index (κ1) is 14.2. The van der Waals surface area contributed by atoms with Crippen LogP contribution in [-0.2, 0) is 11.2 Å². The summed E-state index contributed by atoms with van der Waals surface area (Å²) in [4.78, 5) is 17.3. The van der Waals surface area contributed by atoms with Crippen molar-refractivity contribution in [1.29, 1.82) is 0 Å². The number of aromatic nitrogens is 1. The predicted molar refractivity (Wildman–Crippen MR) is 86.2 cm³/mol. The Labute approximate surface area is 126 Å². The number of aromatic amines is 1. The maximum absolute atomic E-state index is 11.9. The summed E-state index contributed by atoms with van der Waals surface area (Å²) in [5, 5.41) is 1.35. The number of hydrogen-bond donors (Lipinski definition) is 1. The van der Waals surface area contributed by atoms with Gasteiger partial charge in [0.05, 0.1) is 0 Å². The molecular formula is C18H24N2O. The van der Waals surface area contributed by atoms with Gasteiger partial charge in [-0.3, -0.25) is 4.79 Å². The molecule has 1 saturated heterocycles. The fraction of sp³-hybridized carbons (Fsp3) is 0.500. The van der Waals surface area contributed by atoms with E-state index < -0.39 is 0 Å². The highest BCUT2D eigenvalue weighted by molar-refractivity contribution is 5.83. The first-order valence-electron chi connectivity index (χ1n) is 8.10. The molecule has 0 aliphatic carbocycles. The Morgan fingerprint density at radius 3 is 2.81 bits per heavy atom. The monoisotopic (exact) mass is 284 g/mol. The Kier molecular flexibility index (Phi) is 4.28. The molecular weight excluding hydrogens is 260 g/mol. The molecule has 0 bridgehead atoms. The second-order valence-corrected chi connectivity index (χ2v) is 6.14. The van der Waals surface area contributed by atoms with Crippen LogP contribution >= 0.6 is 0 Å². The molecule has 3 rings (SSSR count). The maximum atomic E-state index is 11.9. The SMILES string of the molecule is CCCC(=O)N1CCC(Cc2c[nH]c3ccccc23)CC1. The topological polar surface area (TPSA) is 36.1 Å². The van der Waals surface area contributed by atoms with Gasteiger partial charge in [0, 0.05) is 36.6 Å². The lowest BCUT2D eigenvalue weighted by molar-refractivity contribution is -0.132. The van der Waals surface area contributed by atoms with E-state index >= 15 is 0 Å². The average Bonchev–Trinajstić information content (AvgIpc) is 2.92. The van der Waals surface area contributed by atoms with Gasteiger partial charge in [-0.15, -0.1) is 0 Å². The highest BCUT2D eigenvalue weighted by Crippen LogP contribution is 2.26. The molecule has 1 aliphatic rings. The number of hydrogen-bond acceptors (Lipinski definition) is 1. The van der Waals surface area contributed by atoms with Crippen molar-refractivity contribution in [2.45, 2.75) is 39.0 Å². The molecule has 1 N–H and O–H groups in total. The third kappa shape index (κ3) is 3.12. The Morgan fingerprint density at radius 2 is 2.05 bits per heavy atom. The van der Waals surface area contributed by atoms with Crippen LogP contribution in [0.25, 0.3) is 10.9 Å². The number of amides is 1. The molecule has 3 nitrogen and oxygen atoms in total. The molecule has 1 aromatic carbocycles. The van der Waals surface area contributed by atoms with Crippen molar-refractivity contribution in [3.8, 4) is 0 Å². The van der Waals surface area contributed by atoms with Crippen molar-refractivity contribution < 1.29 is 4.79 Å². The standard InChI is InChI=1S/C18H24N2O/c1-2-5-18(21)20-10-8-14(9-11-20)12-15-13-19-17-7-4-3-6-16(15)17/h3-4,6-7,13-14,19H,2,5,8-12H2,1H3. The number of benzene rings is 1. The van der Waals surface area contributed by atoms with Gasteiger partial charge in [-0.2, -0.15) is 0 Å². The molecule has 1 aliphatic heterocycles. The molecule has 1 fully saturated rings. The lowest BCUT2D eigenvalue weighted by Crippen LogP contribution is -2.38. The van der Waals surface area contributed by atoms with Gasteiger partial charge < -0.3 is 9.88 Å². The van der Waals surface area contributed by atoms with E-state index in [2.05, 4.69) is 47.3 Å². The number of piperidine rings is 1. The number of carbonyl (C=O) groups excluding carboxylic acids is 1. The molecule has 0 saturated carbocycles. The van der Waals surface area contributed by atoms with E-state index in [0.29, 0.717) is 18.2 Å². The fourth-order valence-corrected chi connectivity index (χ4v) is 3.37. The lowest BCUT2D eigenvalue weighted by atomic mass is 9.90. The number of carbonyl (C=O) groups is 1. The van der Waals surface area contributed by atoms with Crippen molar-refractivity contribution in [2.75, 3.05) is 13.1 Å². The summed E-state index contributed by atoms with van der Waals surface area (Å²) in [5.41, 5.74) is 2.65. The van der Waals surface area contributed by atoms with Gasteiger partial charge in [0.15, 0.2) is 0 Å². The van der Waals surface area contributed by atoms with Crippen molar-refractivity contribution >= 4 is 16.8 Å². The Bertz CT molecular complexity index is 608. The molecule has 0 radical (unpaired) electrons. The molecule has 0 unspecified atom stereocenters. The second-order valence-electron chi connectivity index (χ2n) is 6.14. The highest BCUT2D eigenvalue weighted by atomic mass is 16.2. The molecule has 0 spiro atoms. The Balaban J connectivity index is 1.59. The number of rotatable bonds is 4. The summed E-state index contributed by atoms with van der Waals surface area (Å²) >= 11 is 0. The van der Waals surface area contributed by atoms with Crippen LogP contribution in [0, 0.1) is 5.92 Å². The largest absolute Gasteiger partial charge is 0.361 e. The van der Waals surface area contributed by atoms with Crippen LogP contribution in [0.15, 0.2) is 30.5 Å². The van der Waals surface area contributed by atoms with E-state index in [4.69, 9.17) is 0 Å². The normalized spacial score (nSPS) is 16.5. The van der Waals surface area contributed by atoms with Gasteiger partial charge in [0.1, 0.15) is 0 Å². The molecule has 2 aromatic rings. The van der Waals surface area contributed by atoms with Crippen LogP contribution in [0.2, 0.25) is 0 Å². The Morgan fingerprint density at radius 1 is 1.29 bits per heavy atom. The van der Waals surface area contributed by atoms with Crippen LogP contribution < -0.4 is 0 Å². The molecule has 112 valence electrons. The predicted octanol–water partition coefficient (Wildman–Crippen LogP) is 3.75. The fourth-order valence-electron chi connectivity index (χ4n) is 3.37. The zero-order chi connectivity index (χ0) is 14.7. The van der Waals surface area contributed by atoms with Crippen molar-refractivity contribution in [2.24, 2.45) is 5.92 Å². The summed E-state index contributed by atoms with van der Waals surface area (Å²) in [6.07, 6.45) is 7.20. The molecule has 1 amide bonds. The van der Waals surface area contributed by atoms with E-state index in [9.17, 15) is 4.79 Å². The van der Waals surface area contributed by atoms with E-state index in [1.807, 2.05) is 0 Å².